The van der Waals surface area contributed by atoms with Gasteiger partial charge in [0.15, 0.2) is 0 Å². The van der Waals surface area contributed by atoms with Crippen molar-refractivity contribution in [1.29, 1.82) is 0 Å². The third-order valence-electron chi connectivity index (χ3n) is 5.31. The lowest BCUT2D eigenvalue weighted by atomic mass is 9.89. The van der Waals surface area contributed by atoms with Gasteiger partial charge in [0.1, 0.15) is 11.2 Å². The molecular weight excluding hydrogens is 495 g/mol. The van der Waals surface area contributed by atoms with Crippen LogP contribution in [0, 0.1) is 0 Å². The average molecular weight is 519 g/mol. The zero-order valence-electron chi connectivity index (χ0n) is 19.5. The Morgan fingerprint density at radius 2 is 1.23 bits per heavy atom. The van der Waals surface area contributed by atoms with Gasteiger partial charge in [-0.15, -0.1) is 0 Å². The molecule has 3 rings (SSSR count). The van der Waals surface area contributed by atoms with E-state index in [2.05, 4.69) is 0 Å². The molecule has 0 fully saturated rings. The number of carbonyl (C=O) groups excluding carboxylic acids is 2. The van der Waals surface area contributed by atoms with Crippen LogP contribution in [0.1, 0.15) is 11.1 Å². The van der Waals surface area contributed by atoms with E-state index >= 15 is 0 Å². The van der Waals surface area contributed by atoms with Crippen LogP contribution >= 0.6 is 23.2 Å². The molecule has 0 aromatic heterocycles. The fourth-order valence-corrected chi connectivity index (χ4v) is 4.08. The summed E-state index contributed by atoms with van der Waals surface area (Å²) in [4.78, 5) is 26.0. The van der Waals surface area contributed by atoms with Crippen molar-refractivity contribution in [3.8, 4) is 0 Å². The van der Waals surface area contributed by atoms with Crippen LogP contribution in [0.2, 0.25) is 10.0 Å². The van der Waals surface area contributed by atoms with Crippen molar-refractivity contribution in [1.82, 2.24) is 0 Å². The summed E-state index contributed by atoms with van der Waals surface area (Å²) in [5.41, 5.74) is -0.705. The van der Waals surface area contributed by atoms with E-state index in [4.69, 9.17) is 46.9 Å². The van der Waals surface area contributed by atoms with E-state index in [0.717, 1.165) is 0 Å². The van der Waals surface area contributed by atoms with Gasteiger partial charge in [-0.05, 0) is 47.5 Å². The highest BCUT2D eigenvalue weighted by Crippen LogP contribution is 2.47. The van der Waals surface area contributed by atoms with Gasteiger partial charge in [0.05, 0.1) is 19.8 Å². The third-order valence-corrected chi connectivity index (χ3v) is 5.78. The summed E-state index contributed by atoms with van der Waals surface area (Å²) < 4.78 is 27.2. The second-order valence-electron chi connectivity index (χ2n) is 7.37. The topological polar surface area (TPSA) is 80.3 Å². The Bertz CT molecular complexity index is 1140. The minimum atomic E-state index is -2.06. The molecule has 0 radical (unpaired) electrons. The van der Waals surface area contributed by atoms with Crippen LogP contribution < -0.4 is 0 Å². The van der Waals surface area contributed by atoms with E-state index in [0.29, 0.717) is 21.2 Å². The van der Waals surface area contributed by atoms with Crippen LogP contribution in [0.15, 0.2) is 71.8 Å². The minimum absolute atomic E-state index is 0.174. The number of halogens is 2. The second-order valence-corrected chi connectivity index (χ2v) is 8.24. The summed E-state index contributed by atoms with van der Waals surface area (Å²) in [6, 6.07) is 14.1. The molecule has 1 aliphatic rings. The molecule has 2 aromatic carbocycles. The molecule has 0 N–H and O–H groups in total. The van der Waals surface area contributed by atoms with E-state index < -0.39 is 23.5 Å². The van der Waals surface area contributed by atoms with Gasteiger partial charge in [-0.3, -0.25) is 0 Å². The highest BCUT2D eigenvalue weighted by molar-refractivity contribution is 6.31. The Labute approximate surface area is 213 Å². The maximum absolute atomic E-state index is 13.1. The van der Waals surface area contributed by atoms with Crippen molar-refractivity contribution in [3.05, 3.63) is 93.0 Å². The summed E-state index contributed by atoms with van der Waals surface area (Å²) in [6.07, 6.45) is 6.53. The molecule has 0 amide bonds. The van der Waals surface area contributed by atoms with Crippen LogP contribution in [0.3, 0.4) is 0 Å². The summed E-state index contributed by atoms with van der Waals surface area (Å²) in [7, 11) is 4.91. The van der Waals surface area contributed by atoms with Crippen molar-refractivity contribution in [3.63, 3.8) is 0 Å². The van der Waals surface area contributed by atoms with Gasteiger partial charge < -0.3 is 23.7 Å². The molecule has 0 saturated heterocycles. The average Bonchev–Trinajstić information content (AvgIpc) is 3.17. The molecule has 0 saturated carbocycles. The normalized spacial score (nSPS) is 16.7. The zero-order valence-corrected chi connectivity index (χ0v) is 21.1. The lowest BCUT2D eigenvalue weighted by molar-refractivity contribution is -0.341. The van der Waals surface area contributed by atoms with Crippen LogP contribution in [0.25, 0.3) is 12.2 Å². The van der Waals surface area contributed by atoms with Crippen molar-refractivity contribution in [2.45, 2.75) is 11.6 Å². The van der Waals surface area contributed by atoms with Gasteiger partial charge in [-0.25, -0.2) is 9.59 Å². The minimum Gasteiger partial charge on any atom is -0.466 e. The van der Waals surface area contributed by atoms with Crippen molar-refractivity contribution >= 4 is 47.3 Å². The zero-order chi connectivity index (χ0) is 25.6. The smallest absolute Gasteiger partial charge is 0.342 e. The molecule has 184 valence electrons. The first-order chi connectivity index (χ1) is 16.7. The Morgan fingerprint density at radius 3 is 1.63 bits per heavy atom. The highest BCUT2D eigenvalue weighted by atomic mass is 35.5. The SMILES string of the molecule is COC(=O)C1=C(C(=O)OC)C(OC)(OC)OC1(/C=C/c1cccc(Cl)c1)/C=C/c1cccc(Cl)c1. The maximum atomic E-state index is 13.1. The van der Waals surface area contributed by atoms with E-state index in [9.17, 15) is 9.59 Å². The molecule has 0 atom stereocenters. The quantitative estimate of drug-likeness (QED) is 0.356. The van der Waals surface area contributed by atoms with Crippen LogP contribution in [0.5, 0.6) is 0 Å². The molecule has 1 heterocycles. The van der Waals surface area contributed by atoms with Gasteiger partial charge >= 0.3 is 17.9 Å². The Balaban J connectivity index is 2.31. The van der Waals surface area contributed by atoms with E-state index in [-0.39, 0.29) is 11.1 Å². The maximum Gasteiger partial charge on any atom is 0.342 e. The first-order valence-corrected chi connectivity index (χ1v) is 11.1. The molecule has 35 heavy (non-hydrogen) atoms. The number of rotatable bonds is 8. The second kappa shape index (κ2) is 11.2. The number of hydrogen-bond acceptors (Lipinski definition) is 7. The molecule has 7 nitrogen and oxygen atoms in total. The van der Waals surface area contributed by atoms with Crippen molar-refractivity contribution in [2.75, 3.05) is 28.4 Å². The predicted molar refractivity (Wildman–Crippen MR) is 133 cm³/mol. The fraction of sp³-hybridized carbons (Fsp3) is 0.231. The number of benzene rings is 2. The number of methoxy groups -OCH3 is 4. The van der Waals surface area contributed by atoms with Gasteiger partial charge in [0, 0.05) is 24.3 Å². The molecule has 0 unspecified atom stereocenters. The lowest BCUT2D eigenvalue weighted by Crippen LogP contribution is -2.42. The number of carbonyl (C=O) groups is 2. The van der Waals surface area contributed by atoms with Gasteiger partial charge in [0.2, 0.25) is 0 Å². The van der Waals surface area contributed by atoms with E-state index in [1.54, 1.807) is 60.7 Å². The summed E-state index contributed by atoms with van der Waals surface area (Å²) >= 11 is 12.3. The summed E-state index contributed by atoms with van der Waals surface area (Å²) in [5.74, 6) is -3.79. The number of esters is 2. The Hall–Kier alpha value is -2.94. The van der Waals surface area contributed by atoms with Gasteiger partial charge in [0.25, 0.3) is 0 Å². The lowest BCUT2D eigenvalue weighted by Gasteiger charge is -2.31. The molecule has 9 heteroatoms. The molecular formula is C26H24Cl2O7. The largest absolute Gasteiger partial charge is 0.466 e. The predicted octanol–water partition coefficient (Wildman–Crippen LogP) is 5.08. The number of hydrogen-bond donors (Lipinski definition) is 0. The summed E-state index contributed by atoms with van der Waals surface area (Å²) in [5, 5.41) is 1.04. The number of ether oxygens (including phenoxy) is 5. The first kappa shape index (κ1) is 26.7. The van der Waals surface area contributed by atoms with Gasteiger partial charge in [-0.2, -0.15) is 0 Å². The molecule has 1 aliphatic heterocycles. The highest BCUT2D eigenvalue weighted by Gasteiger charge is 2.60. The van der Waals surface area contributed by atoms with Crippen LogP contribution in [-0.2, 0) is 33.3 Å². The fourth-order valence-electron chi connectivity index (χ4n) is 3.69. The Kier molecular flexibility index (Phi) is 8.53. The summed E-state index contributed by atoms with van der Waals surface area (Å²) in [6.45, 7) is 0. The van der Waals surface area contributed by atoms with Crippen LogP contribution in [0.4, 0.5) is 0 Å². The van der Waals surface area contributed by atoms with E-state index in [1.807, 2.05) is 12.1 Å². The Morgan fingerprint density at radius 1 is 0.771 bits per heavy atom. The van der Waals surface area contributed by atoms with E-state index in [1.165, 1.54) is 28.4 Å². The van der Waals surface area contributed by atoms with Crippen LogP contribution in [-0.4, -0.2) is 52.0 Å². The molecule has 0 aliphatic carbocycles. The van der Waals surface area contributed by atoms with Gasteiger partial charge in [-0.1, -0.05) is 59.6 Å². The third kappa shape index (κ3) is 5.50. The monoisotopic (exact) mass is 518 g/mol. The van der Waals surface area contributed by atoms with Crippen molar-refractivity contribution < 1.29 is 33.3 Å². The first-order valence-electron chi connectivity index (χ1n) is 10.4. The standard InChI is InChI=1S/C26H24Cl2O7/c1-31-23(29)21-22(24(30)32-2)26(33-3,34-4)35-25(21,13-11-17-7-5-9-19(27)15-17)14-12-18-8-6-10-20(28)16-18/h5-16H,1-4H3/b13-11+,14-12+. The molecule has 0 bridgehead atoms. The molecule has 0 spiro atoms. The molecule has 2 aromatic rings. The van der Waals surface area contributed by atoms with Crippen molar-refractivity contribution in [2.24, 2.45) is 0 Å².